The third-order valence-electron chi connectivity index (χ3n) is 2.49. The molecule has 0 aliphatic carbocycles. The van der Waals surface area contributed by atoms with Gasteiger partial charge in [-0.2, -0.15) is 0 Å². The van der Waals surface area contributed by atoms with Crippen molar-refractivity contribution in [3.05, 3.63) is 0 Å². The van der Waals surface area contributed by atoms with E-state index in [1.807, 2.05) is 0 Å². The zero-order valence-electron chi connectivity index (χ0n) is 7.13. The van der Waals surface area contributed by atoms with Crippen LogP contribution in [-0.2, 0) is 0 Å². The summed E-state index contributed by atoms with van der Waals surface area (Å²) in [5.74, 6) is 0. The summed E-state index contributed by atoms with van der Waals surface area (Å²) < 4.78 is 1.28. The van der Waals surface area contributed by atoms with Crippen LogP contribution in [-0.4, -0.2) is 39.7 Å². The van der Waals surface area contributed by atoms with Crippen LogP contribution in [0.5, 0.6) is 0 Å². The van der Waals surface area contributed by atoms with Gasteiger partial charge in [0, 0.05) is 29.3 Å². The summed E-state index contributed by atoms with van der Waals surface area (Å²) in [6.45, 7) is 3.81. The minimum Gasteiger partial charge on any atom is -0.292 e. The summed E-state index contributed by atoms with van der Waals surface area (Å²) in [6, 6.07) is 0. The summed E-state index contributed by atoms with van der Waals surface area (Å²) >= 11 is 4.60. The fraction of sp³-hybridized carbons (Fsp3) is 1.00. The van der Waals surface area contributed by atoms with Gasteiger partial charge in [0.15, 0.2) is 0 Å². The smallest absolute Gasteiger partial charge is 0.108 e. The summed E-state index contributed by atoms with van der Waals surface area (Å²) in [7, 11) is 0. The molecular weight excluding hydrogens is 283 g/mol. The van der Waals surface area contributed by atoms with Gasteiger partial charge in [-0.15, -0.1) is 11.8 Å². The van der Waals surface area contributed by atoms with Gasteiger partial charge in [0.05, 0.1) is 0 Å². The Bertz CT molecular complexity index is 150. The van der Waals surface area contributed by atoms with Crippen LogP contribution >= 0.6 is 34.4 Å². The van der Waals surface area contributed by atoms with Gasteiger partial charge in [0.2, 0.25) is 0 Å². The number of nitrogens with zero attached hydrogens (tertiary/aromatic N) is 1. The number of halogens is 1. The maximum Gasteiger partial charge on any atom is 0.108 e. The molecule has 2 atom stereocenters. The number of likely N-dealkylation sites (tertiary alicyclic amines) is 1. The number of alkyl halides is 1. The van der Waals surface area contributed by atoms with Crippen LogP contribution < -0.4 is 5.32 Å². The minimum absolute atomic E-state index is 0.632. The molecular formula is C8H15IN2S. The molecule has 0 amide bonds. The summed E-state index contributed by atoms with van der Waals surface area (Å²) in [6.07, 6.45) is 2.79. The van der Waals surface area contributed by atoms with Crippen LogP contribution in [0.15, 0.2) is 0 Å². The van der Waals surface area contributed by atoms with Crippen LogP contribution in [0.2, 0.25) is 0 Å². The van der Waals surface area contributed by atoms with Gasteiger partial charge in [0.1, 0.15) is 5.50 Å². The number of hydrogen-bond donors (Lipinski definition) is 1. The summed E-state index contributed by atoms with van der Waals surface area (Å²) in [4.78, 5) is 2.58. The first kappa shape index (κ1) is 9.55. The normalized spacial score (nSPS) is 37.8. The lowest BCUT2D eigenvalue weighted by molar-refractivity contribution is 0.291. The van der Waals surface area contributed by atoms with Crippen molar-refractivity contribution < 1.29 is 0 Å². The molecule has 0 aromatic rings. The Hall–Kier alpha value is 1.000. The second-order valence-corrected chi connectivity index (χ2v) is 5.68. The molecule has 2 rings (SSSR count). The third-order valence-corrected chi connectivity index (χ3v) is 5.59. The van der Waals surface area contributed by atoms with Crippen molar-refractivity contribution >= 4 is 34.4 Å². The molecule has 12 heavy (non-hydrogen) atoms. The van der Waals surface area contributed by atoms with Crippen molar-refractivity contribution in [1.82, 2.24) is 10.2 Å². The first-order valence-corrected chi connectivity index (χ1v) is 7.06. The predicted molar refractivity (Wildman–Crippen MR) is 62.9 cm³/mol. The minimum atomic E-state index is 0.632. The van der Waals surface area contributed by atoms with Crippen molar-refractivity contribution in [2.45, 2.75) is 23.6 Å². The molecule has 70 valence electrons. The molecule has 0 spiro atoms. The van der Waals surface area contributed by atoms with E-state index in [2.05, 4.69) is 44.6 Å². The molecule has 0 unspecified atom stereocenters. The monoisotopic (exact) mass is 298 g/mol. The highest BCUT2D eigenvalue weighted by molar-refractivity contribution is 14.1. The van der Waals surface area contributed by atoms with E-state index < -0.39 is 0 Å². The Morgan fingerprint density at radius 1 is 1.42 bits per heavy atom. The van der Waals surface area contributed by atoms with E-state index in [9.17, 15) is 0 Å². The van der Waals surface area contributed by atoms with Crippen LogP contribution in [0.1, 0.15) is 12.8 Å². The van der Waals surface area contributed by atoms with E-state index in [0.717, 1.165) is 5.25 Å². The molecule has 2 aliphatic heterocycles. The molecule has 0 bridgehead atoms. The Morgan fingerprint density at radius 3 is 2.75 bits per heavy atom. The number of rotatable bonds is 2. The number of nitrogens with one attached hydrogen (secondary N) is 1. The van der Waals surface area contributed by atoms with Crippen molar-refractivity contribution in [2.75, 3.05) is 24.1 Å². The molecule has 2 aliphatic rings. The number of thioether (sulfide) groups is 1. The molecule has 0 aromatic carbocycles. The molecule has 2 saturated heterocycles. The highest BCUT2D eigenvalue weighted by atomic mass is 127. The van der Waals surface area contributed by atoms with E-state index in [-0.39, 0.29) is 0 Å². The quantitative estimate of drug-likeness (QED) is 0.614. The van der Waals surface area contributed by atoms with E-state index in [1.54, 1.807) is 0 Å². The highest BCUT2D eigenvalue weighted by Crippen LogP contribution is 2.28. The van der Waals surface area contributed by atoms with Gasteiger partial charge in [-0.05, 0) is 12.8 Å². The summed E-state index contributed by atoms with van der Waals surface area (Å²) in [5.41, 5.74) is 0.632. The fourth-order valence-corrected chi connectivity index (χ4v) is 3.93. The topological polar surface area (TPSA) is 15.3 Å². The van der Waals surface area contributed by atoms with Crippen LogP contribution in [0, 0.1) is 0 Å². The SMILES string of the molecule is IC[C@@H]1CN[C@H](N2CCCC2)S1. The Morgan fingerprint density at radius 2 is 2.17 bits per heavy atom. The average Bonchev–Trinajstić information content (AvgIpc) is 2.75. The van der Waals surface area contributed by atoms with E-state index in [4.69, 9.17) is 0 Å². The van der Waals surface area contributed by atoms with Crippen molar-refractivity contribution in [3.63, 3.8) is 0 Å². The second-order valence-electron chi connectivity index (χ2n) is 3.42. The van der Waals surface area contributed by atoms with Gasteiger partial charge < -0.3 is 0 Å². The molecule has 4 heteroatoms. The number of hydrogen-bond acceptors (Lipinski definition) is 3. The Labute approximate surface area is 92.0 Å². The molecule has 2 nitrogen and oxygen atoms in total. The second kappa shape index (κ2) is 4.48. The van der Waals surface area contributed by atoms with E-state index in [0.29, 0.717) is 5.50 Å². The van der Waals surface area contributed by atoms with Gasteiger partial charge in [-0.3, -0.25) is 10.2 Å². The maximum atomic E-state index is 3.58. The molecule has 0 aromatic heterocycles. The molecule has 1 N–H and O–H groups in total. The van der Waals surface area contributed by atoms with Gasteiger partial charge >= 0.3 is 0 Å². The average molecular weight is 298 g/mol. The fourth-order valence-electron chi connectivity index (χ4n) is 1.79. The Kier molecular flexibility index (Phi) is 3.57. The zero-order valence-corrected chi connectivity index (χ0v) is 10.1. The third kappa shape index (κ3) is 2.08. The lowest BCUT2D eigenvalue weighted by Gasteiger charge is -2.22. The largest absolute Gasteiger partial charge is 0.292 e. The van der Waals surface area contributed by atoms with Gasteiger partial charge in [-0.1, -0.05) is 22.6 Å². The van der Waals surface area contributed by atoms with Crippen LogP contribution in [0.25, 0.3) is 0 Å². The van der Waals surface area contributed by atoms with Gasteiger partial charge in [-0.25, -0.2) is 0 Å². The Balaban J connectivity index is 1.81. The molecule has 0 radical (unpaired) electrons. The van der Waals surface area contributed by atoms with Crippen molar-refractivity contribution in [2.24, 2.45) is 0 Å². The molecule has 2 fully saturated rings. The summed E-state index contributed by atoms with van der Waals surface area (Å²) in [5, 5.41) is 4.43. The molecule has 0 saturated carbocycles. The standard InChI is InChI=1S/C8H15IN2S/c9-5-7-6-10-8(12-7)11-3-1-2-4-11/h7-8,10H,1-6H2/t7-,8-/m1/s1. The highest BCUT2D eigenvalue weighted by Gasteiger charge is 2.29. The van der Waals surface area contributed by atoms with Crippen LogP contribution in [0.4, 0.5) is 0 Å². The van der Waals surface area contributed by atoms with E-state index in [1.165, 1.54) is 36.9 Å². The van der Waals surface area contributed by atoms with Crippen molar-refractivity contribution in [3.8, 4) is 0 Å². The lowest BCUT2D eigenvalue weighted by Crippen LogP contribution is -2.37. The first-order valence-electron chi connectivity index (χ1n) is 4.59. The maximum absolute atomic E-state index is 3.58. The zero-order chi connectivity index (χ0) is 8.39. The van der Waals surface area contributed by atoms with Crippen molar-refractivity contribution in [1.29, 1.82) is 0 Å². The van der Waals surface area contributed by atoms with E-state index >= 15 is 0 Å². The van der Waals surface area contributed by atoms with Gasteiger partial charge in [0.25, 0.3) is 0 Å². The first-order chi connectivity index (χ1) is 5.90. The molecule has 2 heterocycles. The van der Waals surface area contributed by atoms with Crippen LogP contribution in [0.3, 0.4) is 0 Å². The lowest BCUT2D eigenvalue weighted by atomic mass is 10.4. The predicted octanol–water partition coefficient (Wildman–Crippen LogP) is 1.51.